The molecule has 0 spiro atoms. The van der Waals surface area contributed by atoms with Crippen LogP contribution in [0.4, 0.5) is 0 Å². The maximum Gasteiger partial charge on any atom is 0.253 e. The second-order valence-corrected chi connectivity index (χ2v) is 12.1. The number of thioether (sulfide) groups is 1. The molecule has 1 atom stereocenters. The molecule has 12 heteroatoms. The predicted molar refractivity (Wildman–Crippen MR) is 187 cm³/mol. The summed E-state index contributed by atoms with van der Waals surface area (Å²) in [6, 6.07) is 31.9. The summed E-state index contributed by atoms with van der Waals surface area (Å²) in [4.78, 5) is 26.9. The van der Waals surface area contributed by atoms with E-state index in [-0.39, 0.29) is 30.2 Å². The number of ether oxygens (including phenoxy) is 3. The molecule has 2 amide bonds. The minimum atomic E-state index is -0.291. The molecule has 0 radical (unpaired) electrons. The van der Waals surface area contributed by atoms with Crippen LogP contribution < -0.4 is 19.5 Å². The van der Waals surface area contributed by atoms with Crippen molar-refractivity contribution < 1.29 is 23.8 Å². The van der Waals surface area contributed by atoms with Crippen LogP contribution in [0, 0.1) is 0 Å². The van der Waals surface area contributed by atoms with E-state index in [1.54, 1.807) is 50.6 Å². The van der Waals surface area contributed by atoms with Crippen LogP contribution in [0.2, 0.25) is 0 Å². The van der Waals surface area contributed by atoms with E-state index in [0.717, 1.165) is 33.9 Å². The average molecular weight is 677 g/mol. The Balaban J connectivity index is 1.22. The lowest BCUT2D eigenvalue weighted by Gasteiger charge is -2.22. The molecule has 1 aliphatic rings. The molecule has 0 bridgehead atoms. The molecular formula is C37H36N6O5S. The fourth-order valence-corrected chi connectivity index (χ4v) is 6.29. The van der Waals surface area contributed by atoms with Gasteiger partial charge in [0.25, 0.3) is 11.8 Å². The van der Waals surface area contributed by atoms with Gasteiger partial charge in [-0.1, -0.05) is 60.3 Å². The molecule has 5 aromatic rings. The van der Waals surface area contributed by atoms with Gasteiger partial charge in [-0.3, -0.25) is 9.59 Å². The third-order valence-corrected chi connectivity index (χ3v) is 9.08. The topological polar surface area (TPSA) is 120 Å². The maximum absolute atomic E-state index is 13.9. The molecule has 0 unspecified atom stereocenters. The van der Waals surface area contributed by atoms with Crippen LogP contribution in [-0.4, -0.2) is 64.4 Å². The maximum atomic E-state index is 13.9. The smallest absolute Gasteiger partial charge is 0.253 e. The third-order valence-electron chi connectivity index (χ3n) is 8.13. The van der Waals surface area contributed by atoms with Gasteiger partial charge in [0.2, 0.25) is 0 Å². The largest absolute Gasteiger partial charge is 0.497 e. The molecule has 2 heterocycles. The van der Waals surface area contributed by atoms with Gasteiger partial charge < -0.3 is 24.1 Å². The van der Waals surface area contributed by atoms with E-state index in [1.165, 1.54) is 11.8 Å². The highest BCUT2D eigenvalue weighted by Gasteiger charge is 2.33. The zero-order chi connectivity index (χ0) is 34.2. The summed E-state index contributed by atoms with van der Waals surface area (Å²) in [6.07, 6.45) is 0.552. The molecule has 6 rings (SSSR count). The minimum Gasteiger partial charge on any atom is -0.497 e. The van der Waals surface area contributed by atoms with Crippen LogP contribution in [0.3, 0.4) is 0 Å². The Bertz CT molecular complexity index is 1930. The number of carbonyl (C=O) groups excluding carboxylic acids is 2. The Labute approximate surface area is 288 Å². The van der Waals surface area contributed by atoms with Gasteiger partial charge in [-0.2, -0.15) is 5.10 Å². The molecule has 11 nitrogen and oxygen atoms in total. The van der Waals surface area contributed by atoms with Crippen molar-refractivity contribution in [2.24, 2.45) is 5.10 Å². The molecular weight excluding hydrogens is 641 g/mol. The van der Waals surface area contributed by atoms with Gasteiger partial charge in [-0.25, -0.2) is 5.01 Å². The van der Waals surface area contributed by atoms with E-state index < -0.39 is 0 Å². The molecule has 250 valence electrons. The van der Waals surface area contributed by atoms with Crippen molar-refractivity contribution in [3.63, 3.8) is 0 Å². The number of benzene rings is 4. The first-order valence-corrected chi connectivity index (χ1v) is 16.6. The van der Waals surface area contributed by atoms with E-state index >= 15 is 0 Å². The minimum absolute atomic E-state index is 0.0785. The van der Waals surface area contributed by atoms with Gasteiger partial charge >= 0.3 is 0 Å². The van der Waals surface area contributed by atoms with E-state index in [0.29, 0.717) is 35.3 Å². The lowest BCUT2D eigenvalue weighted by atomic mass is 9.98. The summed E-state index contributed by atoms with van der Waals surface area (Å²) in [6.45, 7) is 0.609. The van der Waals surface area contributed by atoms with Crippen molar-refractivity contribution in [2.45, 2.75) is 30.7 Å². The monoisotopic (exact) mass is 676 g/mol. The number of amides is 2. The molecule has 0 aliphatic carbocycles. The van der Waals surface area contributed by atoms with E-state index in [9.17, 15) is 9.59 Å². The Morgan fingerprint density at radius 2 is 1.51 bits per heavy atom. The highest BCUT2D eigenvalue weighted by molar-refractivity contribution is 7.99. The second-order valence-electron chi connectivity index (χ2n) is 11.2. The molecule has 0 saturated carbocycles. The number of nitrogens with one attached hydrogen (secondary N) is 1. The van der Waals surface area contributed by atoms with Gasteiger partial charge in [-0.05, 0) is 71.3 Å². The fraction of sp³-hybridized carbons (Fsp3) is 0.216. The molecule has 4 aromatic carbocycles. The number of hydrogen-bond donors (Lipinski definition) is 1. The van der Waals surface area contributed by atoms with E-state index in [2.05, 4.69) is 15.5 Å². The van der Waals surface area contributed by atoms with Gasteiger partial charge in [0, 0.05) is 12.0 Å². The van der Waals surface area contributed by atoms with Crippen LogP contribution in [-0.2, 0) is 17.9 Å². The number of carbonyl (C=O) groups is 2. The number of nitrogens with zero attached hydrogens (tertiary/aromatic N) is 5. The summed E-state index contributed by atoms with van der Waals surface area (Å²) in [5, 5.41) is 18.7. The number of methoxy groups -OCH3 is 3. The summed E-state index contributed by atoms with van der Waals surface area (Å²) in [7, 11) is 4.81. The average Bonchev–Trinajstić information content (AvgIpc) is 3.78. The molecule has 49 heavy (non-hydrogen) atoms. The highest BCUT2D eigenvalue weighted by Crippen LogP contribution is 2.35. The van der Waals surface area contributed by atoms with Crippen molar-refractivity contribution in [1.29, 1.82) is 0 Å². The predicted octanol–water partition coefficient (Wildman–Crippen LogP) is 5.75. The SMILES string of the molecule is COc1ccc(C2=NN(C(=O)CSc3nnc(CNC(=O)c4cccc(OC)c4)n3Cc3ccccc3)[C@@H](c3ccc(OC)cc3)C2)cc1. The van der Waals surface area contributed by atoms with Crippen LogP contribution in [0.1, 0.15) is 45.3 Å². The van der Waals surface area contributed by atoms with Crippen LogP contribution in [0.5, 0.6) is 17.2 Å². The standard InChI is InChI=1S/C37H36N6O5S/c1-46-29-16-12-26(13-17-29)32-21-33(27-14-18-30(47-2)19-15-27)43(41-32)35(44)24-49-37-40-39-34(42(37)23-25-8-5-4-6-9-25)22-38-36(45)28-10-7-11-31(20-28)48-3/h4-20,33H,21-24H2,1-3H3,(H,38,45)/t33-/m1/s1. The van der Waals surface area contributed by atoms with Gasteiger partial charge in [-0.15, -0.1) is 10.2 Å². The Kier molecular flexibility index (Phi) is 10.5. The van der Waals surface area contributed by atoms with Crippen molar-refractivity contribution in [1.82, 2.24) is 25.1 Å². The third kappa shape index (κ3) is 7.92. The van der Waals surface area contributed by atoms with E-state index in [4.69, 9.17) is 19.3 Å². The lowest BCUT2D eigenvalue weighted by Crippen LogP contribution is -2.28. The first-order chi connectivity index (χ1) is 23.9. The van der Waals surface area contributed by atoms with E-state index in [1.807, 2.05) is 83.4 Å². The van der Waals surface area contributed by atoms with Gasteiger partial charge in [0.1, 0.15) is 17.2 Å². The zero-order valence-corrected chi connectivity index (χ0v) is 28.2. The Morgan fingerprint density at radius 1 is 0.816 bits per heavy atom. The summed E-state index contributed by atoms with van der Waals surface area (Å²) in [5.74, 6) is 2.29. The van der Waals surface area contributed by atoms with Crippen LogP contribution >= 0.6 is 11.8 Å². The summed E-state index contributed by atoms with van der Waals surface area (Å²) in [5.41, 5.74) is 4.19. The Morgan fingerprint density at radius 3 is 2.20 bits per heavy atom. The lowest BCUT2D eigenvalue weighted by molar-refractivity contribution is -0.130. The summed E-state index contributed by atoms with van der Waals surface area (Å²) >= 11 is 1.29. The van der Waals surface area contributed by atoms with Crippen LogP contribution in [0.15, 0.2) is 113 Å². The number of rotatable bonds is 13. The van der Waals surface area contributed by atoms with Crippen molar-refractivity contribution >= 4 is 29.3 Å². The normalized spacial score (nSPS) is 13.9. The zero-order valence-electron chi connectivity index (χ0n) is 27.4. The molecule has 1 aromatic heterocycles. The molecule has 0 saturated heterocycles. The molecule has 1 N–H and O–H groups in total. The van der Waals surface area contributed by atoms with Crippen molar-refractivity contribution in [3.8, 4) is 17.2 Å². The molecule has 1 aliphatic heterocycles. The first-order valence-electron chi connectivity index (χ1n) is 15.6. The van der Waals surface area contributed by atoms with Crippen molar-refractivity contribution in [2.75, 3.05) is 27.1 Å². The number of aromatic nitrogens is 3. The van der Waals surface area contributed by atoms with Gasteiger partial charge in [0.15, 0.2) is 11.0 Å². The highest BCUT2D eigenvalue weighted by atomic mass is 32.2. The quantitative estimate of drug-likeness (QED) is 0.157. The number of hydrazone groups is 1. The van der Waals surface area contributed by atoms with Gasteiger partial charge in [0.05, 0.1) is 51.9 Å². The number of hydrogen-bond acceptors (Lipinski definition) is 9. The molecule has 0 fully saturated rings. The second kappa shape index (κ2) is 15.5. The van der Waals surface area contributed by atoms with Crippen molar-refractivity contribution in [3.05, 3.63) is 131 Å². The first kappa shape index (κ1) is 33.3. The Hall–Kier alpha value is -5.62. The summed E-state index contributed by atoms with van der Waals surface area (Å²) < 4.78 is 17.9. The fourth-order valence-electron chi connectivity index (χ4n) is 5.48. The van der Waals surface area contributed by atoms with Crippen LogP contribution in [0.25, 0.3) is 0 Å².